The number of nitro benzene ring substituents is 1. The molecule has 2 aromatic rings. The molecule has 102 valence electrons. The molecule has 2 rings (SSSR count). The van der Waals surface area contributed by atoms with Crippen LogP contribution in [0.1, 0.15) is 10.4 Å². The average Bonchev–Trinajstić information content (AvgIpc) is 2.39. The van der Waals surface area contributed by atoms with E-state index >= 15 is 0 Å². The van der Waals surface area contributed by atoms with E-state index in [0.717, 1.165) is 6.07 Å². The van der Waals surface area contributed by atoms with Crippen LogP contribution in [0.5, 0.6) is 0 Å². The molecule has 2 N–H and O–H groups in total. The lowest BCUT2D eigenvalue weighted by Crippen LogP contribution is -2.05. The Morgan fingerprint density at radius 3 is 2.55 bits per heavy atom. The number of halogens is 1. The van der Waals surface area contributed by atoms with Crippen LogP contribution in [0.4, 0.5) is 21.5 Å². The summed E-state index contributed by atoms with van der Waals surface area (Å²) in [6.07, 6.45) is 3.92. The van der Waals surface area contributed by atoms with Crippen molar-refractivity contribution in [2.75, 3.05) is 5.32 Å². The fraction of sp³-hybridized carbons (Fsp3) is 0. The summed E-state index contributed by atoms with van der Waals surface area (Å²) in [5.74, 6) is -2.66. The van der Waals surface area contributed by atoms with Gasteiger partial charge in [0.15, 0.2) is 0 Å². The molecule has 0 bridgehead atoms. The Kier molecular flexibility index (Phi) is 3.51. The smallest absolute Gasteiger partial charge is 0.338 e. The molecule has 0 atom stereocenters. The van der Waals surface area contributed by atoms with Gasteiger partial charge in [0.25, 0.3) is 5.69 Å². The van der Waals surface area contributed by atoms with Crippen LogP contribution in [0.3, 0.4) is 0 Å². The van der Waals surface area contributed by atoms with Crippen molar-refractivity contribution in [1.29, 1.82) is 0 Å². The zero-order valence-corrected chi connectivity index (χ0v) is 9.78. The minimum absolute atomic E-state index is 0.188. The first-order valence-electron chi connectivity index (χ1n) is 5.22. The van der Waals surface area contributed by atoms with Crippen molar-refractivity contribution < 1.29 is 19.2 Å². The highest BCUT2D eigenvalue weighted by atomic mass is 19.1. The number of nitro groups is 1. The number of anilines is 2. The van der Waals surface area contributed by atoms with E-state index in [2.05, 4.69) is 15.3 Å². The number of hydrogen-bond acceptors (Lipinski definition) is 6. The van der Waals surface area contributed by atoms with Gasteiger partial charge in [0, 0.05) is 12.1 Å². The molecule has 0 spiro atoms. The van der Waals surface area contributed by atoms with Crippen LogP contribution in [0.25, 0.3) is 0 Å². The highest BCUT2D eigenvalue weighted by Gasteiger charge is 2.22. The van der Waals surface area contributed by atoms with Crippen LogP contribution in [-0.4, -0.2) is 26.0 Å². The Labute approximate surface area is 111 Å². The molecule has 0 aliphatic carbocycles. The van der Waals surface area contributed by atoms with E-state index in [0.29, 0.717) is 11.8 Å². The van der Waals surface area contributed by atoms with Gasteiger partial charge in [-0.25, -0.2) is 19.2 Å². The summed E-state index contributed by atoms with van der Waals surface area (Å²) in [5.41, 5.74) is -1.22. The van der Waals surface area contributed by atoms with Crippen molar-refractivity contribution in [2.24, 2.45) is 0 Å². The number of carboxylic acid groups (broad SMARTS) is 1. The average molecular weight is 278 g/mol. The number of rotatable bonds is 4. The SMILES string of the molecule is O=C(O)c1cc([N+](=O)[O-])c(Nc2cncnc2)cc1F. The van der Waals surface area contributed by atoms with E-state index < -0.39 is 28.0 Å². The first kappa shape index (κ1) is 13.3. The summed E-state index contributed by atoms with van der Waals surface area (Å²) in [6.45, 7) is 0. The first-order chi connectivity index (χ1) is 9.49. The summed E-state index contributed by atoms with van der Waals surface area (Å²) < 4.78 is 13.6. The van der Waals surface area contributed by atoms with E-state index in [-0.39, 0.29) is 5.69 Å². The Morgan fingerprint density at radius 2 is 2.00 bits per heavy atom. The van der Waals surface area contributed by atoms with Gasteiger partial charge in [-0.15, -0.1) is 0 Å². The number of carboxylic acids is 1. The van der Waals surface area contributed by atoms with Crippen LogP contribution in [-0.2, 0) is 0 Å². The lowest BCUT2D eigenvalue weighted by molar-refractivity contribution is -0.384. The first-order valence-corrected chi connectivity index (χ1v) is 5.22. The van der Waals surface area contributed by atoms with Gasteiger partial charge in [0.2, 0.25) is 0 Å². The highest BCUT2D eigenvalue weighted by molar-refractivity contribution is 5.90. The molecule has 8 nitrogen and oxygen atoms in total. The summed E-state index contributed by atoms with van der Waals surface area (Å²) in [4.78, 5) is 28.3. The number of aromatic nitrogens is 2. The van der Waals surface area contributed by atoms with Crippen LogP contribution in [0, 0.1) is 15.9 Å². The molecule has 0 amide bonds. The van der Waals surface area contributed by atoms with Crippen molar-refractivity contribution in [2.45, 2.75) is 0 Å². The number of hydrogen-bond donors (Lipinski definition) is 2. The molecule has 20 heavy (non-hydrogen) atoms. The van der Waals surface area contributed by atoms with Gasteiger partial charge in [0.05, 0.1) is 23.0 Å². The summed E-state index contributed by atoms with van der Waals surface area (Å²) in [5, 5.41) is 22.2. The Balaban J connectivity index is 2.49. The Hall–Kier alpha value is -3.10. The lowest BCUT2D eigenvalue weighted by atomic mass is 10.1. The molecule has 0 aliphatic rings. The predicted molar refractivity (Wildman–Crippen MR) is 65.3 cm³/mol. The molecule has 1 aromatic heterocycles. The maximum atomic E-state index is 13.6. The fourth-order valence-electron chi connectivity index (χ4n) is 1.50. The molecule has 0 aliphatic heterocycles. The molecular weight excluding hydrogens is 271 g/mol. The van der Waals surface area contributed by atoms with Crippen molar-refractivity contribution >= 4 is 23.0 Å². The molecule has 1 heterocycles. The number of carbonyl (C=O) groups is 1. The minimum atomic E-state index is -1.58. The normalized spacial score (nSPS) is 10.1. The van der Waals surface area contributed by atoms with Crippen molar-refractivity contribution in [3.63, 3.8) is 0 Å². The van der Waals surface area contributed by atoms with Gasteiger partial charge < -0.3 is 10.4 Å². The van der Waals surface area contributed by atoms with Gasteiger partial charge in [0.1, 0.15) is 23.4 Å². The van der Waals surface area contributed by atoms with Gasteiger partial charge in [-0.05, 0) is 0 Å². The van der Waals surface area contributed by atoms with Crippen LogP contribution >= 0.6 is 0 Å². The largest absolute Gasteiger partial charge is 0.478 e. The molecule has 0 saturated heterocycles. The van der Waals surface area contributed by atoms with Gasteiger partial charge in [-0.3, -0.25) is 10.1 Å². The summed E-state index contributed by atoms with van der Waals surface area (Å²) in [7, 11) is 0. The fourth-order valence-corrected chi connectivity index (χ4v) is 1.50. The number of nitrogens with one attached hydrogen (secondary N) is 1. The zero-order chi connectivity index (χ0) is 14.7. The van der Waals surface area contributed by atoms with E-state index in [1.807, 2.05) is 0 Å². The molecule has 9 heteroatoms. The molecule has 0 unspecified atom stereocenters. The van der Waals surface area contributed by atoms with Crippen molar-refractivity contribution in [1.82, 2.24) is 9.97 Å². The van der Waals surface area contributed by atoms with Crippen molar-refractivity contribution in [3.05, 3.63) is 52.3 Å². The highest BCUT2D eigenvalue weighted by Crippen LogP contribution is 2.30. The van der Waals surface area contributed by atoms with Gasteiger partial charge in [-0.1, -0.05) is 0 Å². The maximum absolute atomic E-state index is 13.6. The number of nitrogens with zero attached hydrogens (tertiary/aromatic N) is 3. The number of benzene rings is 1. The zero-order valence-electron chi connectivity index (χ0n) is 9.78. The van der Waals surface area contributed by atoms with Crippen molar-refractivity contribution in [3.8, 4) is 0 Å². The molecule has 0 fully saturated rings. The topological polar surface area (TPSA) is 118 Å². The molecule has 0 saturated carbocycles. The molecular formula is C11H7FN4O4. The van der Waals surface area contributed by atoms with Crippen LogP contribution in [0.2, 0.25) is 0 Å². The Morgan fingerprint density at radius 1 is 1.35 bits per heavy atom. The number of aromatic carboxylic acids is 1. The molecule has 0 radical (unpaired) electrons. The van der Waals surface area contributed by atoms with Crippen LogP contribution < -0.4 is 5.32 Å². The second-order valence-corrected chi connectivity index (χ2v) is 3.66. The van der Waals surface area contributed by atoms with E-state index in [9.17, 15) is 19.3 Å². The summed E-state index contributed by atoms with van der Waals surface area (Å²) >= 11 is 0. The minimum Gasteiger partial charge on any atom is -0.478 e. The van der Waals surface area contributed by atoms with Crippen LogP contribution in [0.15, 0.2) is 30.9 Å². The van der Waals surface area contributed by atoms with Gasteiger partial charge in [-0.2, -0.15) is 0 Å². The summed E-state index contributed by atoms with van der Waals surface area (Å²) in [6, 6.07) is 1.40. The van der Waals surface area contributed by atoms with Gasteiger partial charge >= 0.3 is 5.97 Å². The third-order valence-corrected chi connectivity index (χ3v) is 2.35. The lowest BCUT2D eigenvalue weighted by Gasteiger charge is -2.07. The molecule has 1 aromatic carbocycles. The second kappa shape index (κ2) is 5.26. The van der Waals surface area contributed by atoms with E-state index in [1.54, 1.807) is 0 Å². The Bertz CT molecular complexity index is 678. The standard InChI is InChI=1S/C11H7FN4O4/c12-8-2-9(15-6-3-13-5-14-4-6)10(16(19)20)1-7(8)11(17)18/h1-5,15H,(H,17,18). The predicted octanol–water partition coefficient (Wildman–Crippen LogP) is 1.97. The third kappa shape index (κ3) is 2.66. The van der Waals surface area contributed by atoms with E-state index in [4.69, 9.17) is 5.11 Å². The monoisotopic (exact) mass is 278 g/mol. The maximum Gasteiger partial charge on any atom is 0.338 e. The third-order valence-electron chi connectivity index (χ3n) is 2.35. The van der Waals surface area contributed by atoms with E-state index in [1.165, 1.54) is 18.7 Å². The quantitative estimate of drug-likeness (QED) is 0.648. The second-order valence-electron chi connectivity index (χ2n) is 3.66.